The lowest BCUT2D eigenvalue weighted by Crippen LogP contribution is -2.17. The molecule has 8 heteroatoms. The number of aryl methyl sites for hydroxylation is 2. The number of hydrogen-bond acceptors (Lipinski definition) is 7. The highest BCUT2D eigenvalue weighted by Gasteiger charge is 2.14. The first-order valence-corrected chi connectivity index (χ1v) is 10.0. The number of ether oxygens (including phenoxy) is 1. The van der Waals surface area contributed by atoms with Crippen molar-refractivity contribution in [3.63, 3.8) is 0 Å². The molecule has 4 rings (SSSR count). The van der Waals surface area contributed by atoms with E-state index in [0.29, 0.717) is 24.0 Å². The highest BCUT2D eigenvalue weighted by atomic mass is 32.1. The van der Waals surface area contributed by atoms with Crippen LogP contribution in [0.2, 0.25) is 0 Å². The second-order valence-corrected chi connectivity index (χ2v) is 7.52. The topological polar surface area (TPSA) is 89.0 Å². The Morgan fingerprint density at radius 2 is 2.00 bits per heavy atom. The van der Waals surface area contributed by atoms with Gasteiger partial charge in [-0.3, -0.25) is 4.79 Å². The molecule has 3 heterocycles. The molecule has 7 nitrogen and oxygen atoms in total. The second kappa shape index (κ2) is 7.93. The van der Waals surface area contributed by atoms with Gasteiger partial charge in [-0.05, 0) is 43.7 Å². The summed E-state index contributed by atoms with van der Waals surface area (Å²) in [6.07, 6.45) is 1.23. The minimum absolute atomic E-state index is 0.0971. The molecule has 2 N–H and O–H groups in total. The summed E-state index contributed by atoms with van der Waals surface area (Å²) in [6.45, 7) is 5.03. The third-order valence-electron chi connectivity index (χ3n) is 4.35. The van der Waals surface area contributed by atoms with Gasteiger partial charge >= 0.3 is 0 Å². The summed E-state index contributed by atoms with van der Waals surface area (Å²) >= 11 is 1.42. The summed E-state index contributed by atoms with van der Waals surface area (Å²) in [4.78, 5) is 25.3. The molecule has 0 saturated heterocycles. The van der Waals surface area contributed by atoms with Gasteiger partial charge in [-0.1, -0.05) is 0 Å². The van der Waals surface area contributed by atoms with E-state index in [1.165, 1.54) is 16.9 Å². The number of anilines is 2. The standard InChI is InChI=1S/C20H21N5O2S/c1-12-9-13(2)23-19(22-12)21-7-5-18(26)25-20-24-16(11-28-20)14-3-4-17-15(10-14)6-8-27-17/h3-4,9-11H,5-8H2,1-2H3,(H,21,22,23)(H,24,25,26). The highest BCUT2D eigenvalue weighted by Crippen LogP contribution is 2.31. The third-order valence-corrected chi connectivity index (χ3v) is 5.11. The molecule has 1 aliphatic rings. The van der Waals surface area contributed by atoms with Crippen molar-refractivity contribution in [2.24, 2.45) is 0 Å². The predicted molar refractivity (Wildman–Crippen MR) is 110 cm³/mol. The maximum atomic E-state index is 12.2. The largest absolute Gasteiger partial charge is 0.493 e. The van der Waals surface area contributed by atoms with Crippen LogP contribution in [0.25, 0.3) is 11.3 Å². The van der Waals surface area contributed by atoms with E-state index in [2.05, 4.69) is 31.7 Å². The van der Waals surface area contributed by atoms with E-state index in [4.69, 9.17) is 4.74 Å². The molecule has 1 aliphatic heterocycles. The monoisotopic (exact) mass is 395 g/mol. The van der Waals surface area contributed by atoms with Crippen LogP contribution in [-0.4, -0.2) is 34.0 Å². The van der Waals surface area contributed by atoms with Crippen molar-refractivity contribution in [2.75, 3.05) is 23.8 Å². The zero-order chi connectivity index (χ0) is 19.5. The lowest BCUT2D eigenvalue weighted by atomic mass is 10.1. The molecule has 0 aliphatic carbocycles. The fourth-order valence-corrected chi connectivity index (χ4v) is 3.82. The van der Waals surface area contributed by atoms with E-state index in [9.17, 15) is 4.79 Å². The SMILES string of the molecule is Cc1cc(C)nc(NCCC(=O)Nc2nc(-c3ccc4c(c3)CCO4)cs2)n1. The number of carbonyl (C=O) groups excluding carboxylic acids is 1. The van der Waals surface area contributed by atoms with Gasteiger partial charge in [-0.2, -0.15) is 0 Å². The number of nitrogens with one attached hydrogen (secondary N) is 2. The Hall–Kier alpha value is -3.00. The molecule has 2 aromatic heterocycles. The van der Waals surface area contributed by atoms with Gasteiger partial charge in [0.05, 0.1) is 12.3 Å². The van der Waals surface area contributed by atoms with Crippen LogP contribution in [0.4, 0.5) is 11.1 Å². The number of benzene rings is 1. The van der Waals surface area contributed by atoms with Crippen molar-refractivity contribution < 1.29 is 9.53 Å². The zero-order valence-electron chi connectivity index (χ0n) is 15.8. The highest BCUT2D eigenvalue weighted by molar-refractivity contribution is 7.14. The molecule has 28 heavy (non-hydrogen) atoms. The number of rotatable bonds is 6. The van der Waals surface area contributed by atoms with Crippen LogP contribution >= 0.6 is 11.3 Å². The number of amides is 1. The van der Waals surface area contributed by atoms with E-state index in [1.54, 1.807) is 0 Å². The molecule has 0 bridgehead atoms. The van der Waals surface area contributed by atoms with Crippen LogP contribution in [0, 0.1) is 13.8 Å². The average Bonchev–Trinajstić information content (AvgIpc) is 3.29. The van der Waals surface area contributed by atoms with Crippen LogP contribution in [0.5, 0.6) is 5.75 Å². The van der Waals surface area contributed by atoms with Gasteiger partial charge in [0.2, 0.25) is 11.9 Å². The summed E-state index contributed by atoms with van der Waals surface area (Å²) < 4.78 is 5.54. The summed E-state index contributed by atoms with van der Waals surface area (Å²) in [7, 11) is 0. The molecule has 0 spiro atoms. The summed E-state index contributed by atoms with van der Waals surface area (Å²) in [6, 6.07) is 8.00. The van der Waals surface area contributed by atoms with Crippen LogP contribution in [-0.2, 0) is 11.2 Å². The molecular weight excluding hydrogens is 374 g/mol. The van der Waals surface area contributed by atoms with Crippen LogP contribution < -0.4 is 15.4 Å². The Bertz CT molecular complexity index is 997. The molecule has 3 aromatic rings. The molecule has 144 valence electrons. The molecule has 0 saturated carbocycles. The van der Waals surface area contributed by atoms with Crippen molar-refractivity contribution in [3.8, 4) is 17.0 Å². The number of carbonyl (C=O) groups is 1. The Morgan fingerprint density at radius 3 is 2.82 bits per heavy atom. The molecule has 0 atom stereocenters. The van der Waals surface area contributed by atoms with Gasteiger partial charge in [0, 0.05) is 41.7 Å². The summed E-state index contributed by atoms with van der Waals surface area (Å²) in [5, 5.41) is 8.49. The van der Waals surface area contributed by atoms with E-state index in [-0.39, 0.29) is 5.91 Å². The summed E-state index contributed by atoms with van der Waals surface area (Å²) in [5.74, 6) is 1.40. The first-order valence-electron chi connectivity index (χ1n) is 9.14. The number of fused-ring (bicyclic) bond motifs is 1. The van der Waals surface area contributed by atoms with E-state index in [1.807, 2.05) is 37.4 Å². The second-order valence-electron chi connectivity index (χ2n) is 6.66. The van der Waals surface area contributed by atoms with Crippen molar-refractivity contribution in [2.45, 2.75) is 26.7 Å². The van der Waals surface area contributed by atoms with Crippen molar-refractivity contribution in [1.82, 2.24) is 15.0 Å². The maximum Gasteiger partial charge on any atom is 0.227 e. The zero-order valence-corrected chi connectivity index (χ0v) is 16.6. The lowest BCUT2D eigenvalue weighted by molar-refractivity contribution is -0.115. The number of aromatic nitrogens is 3. The first-order chi connectivity index (χ1) is 13.6. The predicted octanol–water partition coefficient (Wildman–Crippen LogP) is 3.59. The molecule has 0 radical (unpaired) electrons. The first kappa shape index (κ1) is 18.4. The van der Waals surface area contributed by atoms with Crippen LogP contribution in [0.15, 0.2) is 29.6 Å². The fraction of sp³-hybridized carbons (Fsp3) is 0.300. The van der Waals surface area contributed by atoms with E-state index < -0.39 is 0 Å². The van der Waals surface area contributed by atoms with E-state index in [0.717, 1.165) is 41.4 Å². The van der Waals surface area contributed by atoms with Crippen molar-refractivity contribution in [1.29, 1.82) is 0 Å². The number of thiazole rings is 1. The van der Waals surface area contributed by atoms with Gasteiger partial charge in [-0.15, -0.1) is 11.3 Å². The smallest absolute Gasteiger partial charge is 0.227 e. The molecular formula is C20H21N5O2S. The van der Waals surface area contributed by atoms with Crippen molar-refractivity contribution in [3.05, 3.63) is 46.6 Å². The molecule has 0 unspecified atom stereocenters. The normalized spacial score (nSPS) is 12.4. The van der Waals surface area contributed by atoms with Gasteiger partial charge < -0.3 is 15.4 Å². The third kappa shape index (κ3) is 4.28. The van der Waals surface area contributed by atoms with Gasteiger partial charge in [-0.25, -0.2) is 15.0 Å². The Morgan fingerprint density at radius 1 is 1.18 bits per heavy atom. The minimum atomic E-state index is -0.0971. The Kier molecular flexibility index (Phi) is 5.21. The van der Waals surface area contributed by atoms with Crippen LogP contribution in [0.1, 0.15) is 23.4 Å². The van der Waals surface area contributed by atoms with Crippen molar-refractivity contribution >= 4 is 28.3 Å². The lowest BCUT2D eigenvalue weighted by Gasteiger charge is -2.06. The van der Waals surface area contributed by atoms with Crippen LogP contribution in [0.3, 0.4) is 0 Å². The minimum Gasteiger partial charge on any atom is -0.493 e. The van der Waals surface area contributed by atoms with Gasteiger partial charge in [0.15, 0.2) is 5.13 Å². The van der Waals surface area contributed by atoms with Gasteiger partial charge in [0.1, 0.15) is 5.75 Å². The maximum absolute atomic E-state index is 12.2. The molecule has 1 aromatic carbocycles. The average molecular weight is 395 g/mol. The molecule has 0 fully saturated rings. The van der Waals surface area contributed by atoms with E-state index >= 15 is 0 Å². The fourth-order valence-electron chi connectivity index (χ4n) is 3.08. The Labute approximate surface area is 167 Å². The Balaban J connectivity index is 1.31. The number of hydrogen-bond donors (Lipinski definition) is 2. The quantitative estimate of drug-likeness (QED) is 0.663. The number of nitrogens with zero attached hydrogens (tertiary/aromatic N) is 3. The molecule has 1 amide bonds. The summed E-state index contributed by atoms with van der Waals surface area (Å²) in [5.41, 5.74) is 4.89. The van der Waals surface area contributed by atoms with Gasteiger partial charge in [0.25, 0.3) is 0 Å².